The smallest absolute Gasteiger partial charge is 0.455 e. The molecule has 0 aromatic heterocycles. The molecule has 2 fully saturated rings. The van der Waals surface area contributed by atoms with Crippen molar-refractivity contribution >= 4 is 41.9 Å². The summed E-state index contributed by atoms with van der Waals surface area (Å²) in [6.45, 7) is 1.80. The minimum Gasteiger partial charge on any atom is -0.507 e. The molecule has 3 N–H and O–H groups in total. The van der Waals surface area contributed by atoms with Gasteiger partial charge in [0.1, 0.15) is 5.75 Å². The summed E-state index contributed by atoms with van der Waals surface area (Å²) in [6, 6.07) is 11.3. The lowest BCUT2D eigenvalue weighted by atomic mass is 9.58. The van der Waals surface area contributed by atoms with E-state index in [9.17, 15) is 29.6 Å². The quantitative estimate of drug-likeness (QED) is 0.269. The minimum atomic E-state index is -1.15. The van der Waals surface area contributed by atoms with E-state index < -0.39 is 48.9 Å². The summed E-state index contributed by atoms with van der Waals surface area (Å²) in [6.07, 6.45) is 3.73. The van der Waals surface area contributed by atoms with E-state index in [0.717, 1.165) is 41.9 Å². The van der Waals surface area contributed by atoms with Gasteiger partial charge in [-0.1, -0.05) is 55.3 Å². The number of imide groups is 3. The number of carbonyl (C=O) groups excluding carboxylic acids is 3. The Hall–Kier alpha value is -3.47. The average molecular weight is 547 g/mol. The van der Waals surface area contributed by atoms with E-state index in [2.05, 4.69) is 17.7 Å². The topological polar surface area (TPSA) is 134 Å². The summed E-state index contributed by atoms with van der Waals surface area (Å²) in [4.78, 5) is 39.1. The first-order chi connectivity index (χ1) is 19.3. The zero-order chi connectivity index (χ0) is 28.6. The number of rotatable bonds is 7. The van der Waals surface area contributed by atoms with Gasteiger partial charge >= 0.3 is 13.2 Å². The second-order valence-corrected chi connectivity index (χ2v) is 10.8. The molecule has 2 heterocycles. The Balaban J connectivity index is 1.44. The van der Waals surface area contributed by atoms with Gasteiger partial charge in [-0.15, -0.1) is 0 Å². The number of phenolic OH excluding ortho intramolecular Hbond substituents is 1. The number of hydrogen-bond acceptors (Lipinski definition) is 8. The van der Waals surface area contributed by atoms with Crippen LogP contribution in [0.2, 0.25) is 6.32 Å². The fourth-order valence-electron chi connectivity index (χ4n) is 6.74. The van der Waals surface area contributed by atoms with E-state index >= 15 is 0 Å². The molecule has 9 nitrogen and oxygen atoms in total. The number of likely N-dealkylation sites (tertiary alicyclic amines) is 1. The number of benzene rings is 2. The normalized spacial score (nSPS) is 24.9. The van der Waals surface area contributed by atoms with Gasteiger partial charge in [-0.2, -0.15) is 4.90 Å². The number of amides is 3. The number of carbonyl (C=O) groups is 3. The fraction of sp³-hybridized carbons (Fsp3) is 0.433. The van der Waals surface area contributed by atoms with E-state index in [4.69, 9.17) is 4.65 Å². The van der Waals surface area contributed by atoms with Crippen LogP contribution in [0.5, 0.6) is 5.75 Å². The molecule has 0 spiro atoms. The third-order valence-electron chi connectivity index (χ3n) is 8.45. The molecule has 3 amide bonds. The summed E-state index contributed by atoms with van der Waals surface area (Å²) >= 11 is 0. The molecule has 1 aliphatic carbocycles. The van der Waals surface area contributed by atoms with Crippen molar-refractivity contribution in [1.82, 2.24) is 4.90 Å². The molecule has 0 bridgehead atoms. The Morgan fingerprint density at radius 3 is 2.58 bits per heavy atom. The van der Waals surface area contributed by atoms with Gasteiger partial charge in [-0.05, 0) is 66.1 Å². The maximum absolute atomic E-state index is 13.3. The number of nitrogens with zero attached hydrogens (tertiary/aromatic N) is 1. The van der Waals surface area contributed by atoms with Crippen LogP contribution in [0.15, 0.2) is 53.1 Å². The zero-order valence-corrected chi connectivity index (χ0v) is 22.7. The first-order valence-corrected chi connectivity index (χ1v) is 13.8. The largest absolute Gasteiger partial charge is 0.507 e. The number of aromatic hydroxyl groups is 1. The zero-order valence-electron chi connectivity index (χ0n) is 22.7. The Labute approximate surface area is 233 Å². The van der Waals surface area contributed by atoms with Crippen LogP contribution in [-0.4, -0.2) is 65.0 Å². The molecule has 210 valence electrons. The standard InChI is InChI=1S/C30H34BNO8/c1-3-6-17(13-18-10-11-24(34)21-8-5-4-7-20(18)21)9-12-25-26-19(16-33)14-22-27(23(26)15-31(38)40-25)29(36)32(28(22)35)30(37)39-2/h4-5,7-8,10-11,13,22-23,25,27,33-34,38H,3,6,9,12,14-16H2,1-2H3/b17-13+/t22-,23+,25-,27-/m1/s1. The molecular formula is C30H34BNO8. The lowest BCUT2D eigenvalue weighted by Crippen LogP contribution is -2.46. The highest BCUT2D eigenvalue weighted by atomic mass is 16.5. The third-order valence-corrected chi connectivity index (χ3v) is 8.45. The van der Waals surface area contributed by atoms with E-state index in [1.165, 1.54) is 5.57 Å². The highest BCUT2D eigenvalue weighted by Crippen LogP contribution is 2.50. The van der Waals surface area contributed by atoms with Gasteiger partial charge in [0.15, 0.2) is 0 Å². The Morgan fingerprint density at radius 1 is 1.12 bits per heavy atom. The van der Waals surface area contributed by atoms with Crippen LogP contribution < -0.4 is 0 Å². The van der Waals surface area contributed by atoms with Crippen LogP contribution in [0, 0.1) is 17.8 Å². The van der Waals surface area contributed by atoms with Crippen molar-refractivity contribution in [2.45, 2.75) is 51.5 Å². The van der Waals surface area contributed by atoms with E-state index in [-0.39, 0.29) is 25.1 Å². The van der Waals surface area contributed by atoms with Gasteiger partial charge in [0.05, 0.1) is 31.7 Å². The lowest BCUT2D eigenvalue weighted by Gasteiger charge is -2.42. The molecule has 5 rings (SSSR count). The lowest BCUT2D eigenvalue weighted by molar-refractivity contribution is -0.137. The van der Waals surface area contributed by atoms with E-state index in [1.807, 2.05) is 30.3 Å². The highest BCUT2D eigenvalue weighted by molar-refractivity contribution is 6.43. The number of fused-ring (bicyclic) bond motifs is 4. The maximum atomic E-state index is 13.3. The van der Waals surface area contributed by atoms with Crippen LogP contribution in [-0.2, 0) is 19.0 Å². The number of ether oxygens (including phenoxy) is 1. The summed E-state index contributed by atoms with van der Waals surface area (Å²) < 4.78 is 10.7. The third kappa shape index (κ3) is 4.95. The number of aliphatic hydroxyl groups is 1. The van der Waals surface area contributed by atoms with Crippen molar-refractivity contribution in [3.8, 4) is 5.75 Å². The molecule has 10 heteroatoms. The predicted octanol–water partition coefficient (Wildman–Crippen LogP) is 4.06. The first-order valence-electron chi connectivity index (χ1n) is 13.8. The number of hydrogen-bond donors (Lipinski definition) is 3. The molecule has 2 aromatic rings. The predicted molar refractivity (Wildman–Crippen MR) is 149 cm³/mol. The second-order valence-electron chi connectivity index (χ2n) is 10.8. The molecule has 2 aromatic carbocycles. The molecular weight excluding hydrogens is 513 g/mol. The number of aliphatic hydroxyl groups excluding tert-OH is 1. The Kier molecular flexibility index (Phi) is 8.12. The monoisotopic (exact) mass is 547 g/mol. The van der Waals surface area contributed by atoms with Gasteiger partial charge < -0.3 is 24.6 Å². The molecule has 0 saturated carbocycles. The van der Waals surface area contributed by atoms with E-state index in [0.29, 0.717) is 23.3 Å². The van der Waals surface area contributed by atoms with Crippen LogP contribution in [0.4, 0.5) is 4.79 Å². The molecule has 0 radical (unpaired) electrons. The van der Waals surface area contributed by atoms with Crippen LogP contribution in [0.1, 0.15) is 44.6 Å². The SMILES string of the molecule is CCC/C(=C\c1ccc(O)c2ccccc12)CC[C@H]1OB(O)C[C@H]2C1=C(CO)C[C@H]1C(=O)N(C(=O)OC)C(=O)[C@H]12. The molecule has 2 aliphatic heterocycles. The maximum Gasteiger partial charge on any atom is 0.455 e. The molecule has 2 saturated heterocycles. The highest BCUT2D eigenvalue weighted by Gasteiger charge is 2.59. The van der Waals surface area contributed by atoms with Gasteiger partial charge in [-0.3, -0.25) is 9.59 Å². The summed E-state index contributed by atoms with van der Waals surface area (Å²) in [7, 11) is -0.0308. The molecule has 4 atom stereocenters. The van der Waals surface area contributed by atoms with Crippen LogP contribution >= 0.6 is 0 Å². The van der Waals surface area contributed by atoms with E-state index in [1.54, 1.807) is 6.07 Å². The van der Waals surface area contributed by atoms with Crippen molar-refractivity contribution < 1.29 is 39.0 Å². The van der Waals surface area contributed by atoms with Crippen molar-refractivity contribution in [2.24, 2.45) is 17.8 Å². The van der Waals surface area contributed by atoms with Gasteiger partial charge in [0, 0.05) is 5.39 Å². The second kappa shape index (κ2) is 11.6. The fourth-order valence-corrected chi connectivity index (χ4v) is 6.74. The minimum absolute atomic E-state index is 0.0989. The molecule has 3 aliphatic rings. The molecule has 40 heavy (non-hydrogen) atoms. The number of methoxy groups -OCH3 is 1. The summed E-state index contributed by atoms with van der Waals surface area (Å²) in [5.74, 6) is -3.15. The molecule has 0 unspecified atom stereocenters. The number of allylic oxidation sites excluding steroid dienone is 1. The van der Waals surface area contributed by atoms with Crippen molar-refractivity contribution in [1.29, 1.82) is 0 Å². The first kappa shape index (κ1) is 28.1. The Morgan fingerprint density at radius 2 is 1.88 bits per heavy atom. The Bertz CT molecular complexity index is 1400. The number of phenols is 1. The van der Waals surface area contributed by atoms with Crippen molar-refractivity contribution in [3.63, 3.8) is 0 Å². The van der Waals surface area contributed by atoms with Crippen molar-refractivity contribution in [2.75, 3.05) is 13.7 Å². The van der Waals surface area contributed by atoms with Gasteiger partial charge in [0.25, 0.3) is 0 Å². The summed E-state index contributed by atoms with van der Waals surface area (Å²) in [5, 5.41) is 33.0. The van der Waals surface area contributed by atoms with Crippen LogP contribution in [0.3, 0.4) is 0 Å². The van der Waals surface area contributed by atoms with Crippen molar-refractivity contribution in [3.05, 3.63) is 58.7 Å². The van der Waals surface area contributed by atoms with Gasteiger partial charge in [0.2, 0.25) is 11.8 Å². The van der Waals surface area contributed by atoms with Gasteiger partial charge in [-0.25, -0.2) is 4.79 Å². The average Bonchev–Trinajstić information content (AvgIpc) is 3.21. The van der Waals surface area contributed by atoms with Crippen LogP contribution in [0.25, 0.3) is 16.8 Å². The summed E-state index contributed by atoms with van der Waals surface area (Å²) in [5.41, 5.74) is 3.55.